The van der Waals surface area contributed by atoms with E-state index in [4.69, 9.17) is 9.47 Å². The normalized spacial score (nSPS) is 14.4. The van der Waals surface area contributed by atoms with Crippen LogP contribution in [0.2, 0.25) is 0 Å². The van der Waals surface area contributed by atoms with Gasteiger partial charge in [0.2, 0.25) is 0 Å². The SMILES string of the molecule is CC(C)C(C)NCCOCCOC(C)(C)C. The van der Waals surface area contributed by atoms with Crippen molar-refractivity contribution in [2.45, 2.75) is 53.2 Å². The molecular weight excluding hydrogens is 202 g/mol. The zero-order valence-electron chi connectivity index (χ0n) is 11.8. The van der Waals surface area contributed by atoms with Crippen LogP contribution in [0.15, 0.2) is 0 Å². The van der Waals surface area contributed by atoms with Crippen LogP contribution in [0, 0.1) is 5.92 Å². The topological polar surface area (TPSA) is 30.5 Å². The maximum Gasteiger partial charge on any atom is 0.0707 e. The van der Waals surface area contributed by atoms with E-state index in [1.165, 1.54) is 0 Å². The molecule has 1 unspecified atom stereocenters. The Morgan fingerprint density at radius 3 is 2.12 bits per heavy atom. The lowest BCUT2D eigenvalue weighted by molar-refractivity contribution is -0.0345. The first kappa shape index (κ1) is 15.9. The lowest BCUT2D eigenvalue weighted by Crippen LogP contribution is -2.33. The van der Waals surface area contributed by atoms with E-state index in [0.29, 0.717) is 25.2 Å². The van der Waals surface area contributed by atoms with Crippen molar-refractivity contribution < 1.29 is 9.47 Å². The predicted molar refractivity (Wildman–Crippen MR) is 68.8 cm³/mol. The van der Waals surface area contributed by atoms with E-state index in [0.717, 1.165) is 13.2 Å². The molecule has 1 atom stereocenters. The Morgan fingerprint density at radius 2 is 1.62 bits per heavy atom. The molecule has 0 fully saturated rings. The van der Waals surface area contributed by atoms with Crippen molar-refractivity contribution in [3.8, 4) is 0 Å². The second-order valence-corrected chi connectivity index (χ2v) is 5.56. The van der Waals surface area contributed by atoms with Gasteiger partial charge in [0.1, 0.15) is 0 Å². The van der Waals surface area contributed by atoms with E-state index >= 15 is 0 Å². The van der Waals surface area contributed by atoms with Gasteiger partial charge in [-0.05, 0) is 33.6 Å². The van der Waals surface area contributed by atoms with E-state index in [1.54, 1.807) is 0 Å². The first-order valence-electron chi connectivity index (χ1n) is 6.28. The Kier molecular flexibility index (Phi) is 7.98. The monoisotopic (exact) mass is 231 g/mol. The van der Waals surface area contributed by atoms with Gasteiger partial charge in [0.05, 0.1) is 25.4 Å². The molecule has 3 nitrogen and oxygen atoms in total. The zero-order valence-corrected chi connectivity index (χ0v) is 11.8. The minimum absolute atomic E-state index is 0.0617. The van der Waals surface area contributed by atoms with E-state index in [-0.39, 0.29) is 5.60 Å². The van der Waals surface area contributed by atoms with Crippen molar-refractivity contribution in [1.29, 1.82) is 0 Å². The summed E-state index contributed by atoms with van der Waals surface area (Å²) in [6.07, 6.45) is 0. The highest BCUT2D eigenvalue weighted by molar-refractivity contribution is 4.63. The van der Waals surface area contributed by atoms with Crippen molar-refractivity contribution >= 4 is 0 Å². The van der Waals surface area contributed by atoms with Gasteiger partial charge in [-0.25, -0.2) is 0 Å². The fourth-order valence-electron chi connectivity index (χ4n) is 1.10. The smallest absolute Gasteiger partial charge is 0.0707 e. The van der Waals surface area contributed by atoms with Crippen LogP contribution in [0.3, 0.4) is 0 Å². The Morgan fingerprint density at radius 1 is 1.00 bits per heavy atom. The summed E-state index contributed by atoms with van der Waals surface area (Å²) in [5.41, 5.74) is -0.0617. The number of hydrogen-bond acceptors (Lipinski definition) is 3. The lowest BCUT2D eigenvalue weighted by Gasteiger charge is -2.20. The summed E-state index contributed by atoms with van der Waals surface area (Å²) in [5.74, 6) is 0.671. The van der Waals surface area contributed by atoms with Gasteiger partial charge in [0.15, 0.2) is 0 Å². The van der Waals surface area contributed by atoms with Gasteiger partial charge in [0, 0.05) is 12.6 Å². The number of ether oxygens (including phenoxy) is 2. The molecule has 0 aromatic rings. The molecule has 0 heterocycles. The van der Waals surface area contributed by atoms with Crippen molar-refractivity contribution in [3.63, 3.8) is 0 Å². The fraction of sp³-hybridized carbons (Fsp3) is 1.00. The molecule has 0 aliphatic carbocycles. The molecule has 0 aromatic heterocycles. The van der Waals surface area contributed by atoms with Crippen LogP contribution in [0.4, 0.5) is 0 Å². The maximum atomic E-state index is 5.55. The van der Waals surface area contributed by atoms with Crippen LogP contribution >= 0.6 is 0 Å². The molecule has 0 saturated heterocycles. The van der Waals surface area contributed by atoms with Crippen molar-refractivity contribution in [2.75, 3.05) is 26.4 Å². The third-order valence-corrected chi connectivity index (χ3v) is 2.48. The fourth-order valence-corrected chi connectivity index (χ4v) is 1.10. The average Bonchev–Trinajstić information content (AvgIpc) is 2.14. The molecule has 0 aromatic carbocycles. The van der Waals surface area contributed by atoms with E-state index in [2.05, 4.69) is 46.9 Å². The molecule has 0 aliphatic heterocycles. The molecule has 16 heavy (non-hydrogen) atoms. The van der Waals surface area contributed by atoms with Gasteiger partial charge in [-0.3, -0.25) is 0 Å². The molecule has 0 amide bonds. The standard InChI is InChI=1S/C13H29NO2/c1-11(2)12(3)14-7-8-15-9-10-16-13(4,5)6/h11-12,14H,7-10H2,1-6H3. The Hall–Kier alpha value is -0.120. The van der Waals surface area contributed by atoms with Gasteiger partial charge in [-0.2, -0.15) is 0 Å². The number of rotatable bonds is 8. The molecular formula is C13H29NO2. The van der Waals surface area contributed by atoms with Gasteiger partial charge in [-0.15, -0.1) is 0 Å². The first-order valence-corrected chi connectivity index (χ1v) is 6.28. The molecule has 3 heteroatoms. The summed E-state index contributed by atoms with van der Waals surface area (Å²) in [5, 5.41) is 3.42. The molecule has 1 N–H and O–H groups in total. The third kappa shape index (κ3) is 10.4. The minimum atomic E-state index is -0.0617. The van der Waals surface area contributed by atoms with Crippen LogP contribution in [-0.2, 0) is 9.47 Å². The largest absolute Gasteiger partial charge is 0.378 e. The summed E-state index contributed by atoms with van der Waals surface area (Å²) in [6, 6.07) is 0.550. The van der Waals surface area contributed by atoms with Gasteiger partial charge < -0.3 is 14.8 Å². The highest BCUT2D eigenvalue weighted by atomic mass is 16.5. The summed E-state index contributed by atoms with van der Waals surface area (Å²) >= 11 is 0. The Bertz CT molecular complexity index is 164. The maximum absolute atomic E-state index is 5.55. The Labute approximate surface area is 101 Å². The molecule has 0 aliphatic rings. The zero-order chi connectivity index (χ0) is 12.6. The van der Waals surface area contributed by atoms with Crippen LogP contribution in [0.5, 0.6) is 0 Å². The average molecular weight is 231 g/mol. The lowest BCUT2D eigenvalue weighted by atomic mass is 10.1. The van der Waals surface area contributed by atoms with Crippen LogP contribution in [0.1, 0.15) is 41.5 Å². The summed E-state index contributed by atoms with van der Waals surface area (Å²) in [6.45, 7) is 15.8. The second kappa shape index (κ2) is 8.04. The third-order valence-electron chi connectivity index (χ3n) is 2.48. The molecule has 0 saturated carbocycles. The first-order chi connectivity index (χ1) is 7.33. The molecule has 0 radical (unpaired) electrons. The predicted octanol–water partition coefficient (Wildman–Crippen LogP) is 2.45. The number of hydrogen-bond donors (Lipinski definition) is 1. The molecule has 0 spiro atoms. The highest BCUT2D eigenvalue weighted by Gasteiger charge is 2.09. The Balaban J connectivity index is 3.22. The van der Waals surface area contributed by atoms with Crippen molar-refractivity contribution in [2.24, 2.45) is 5.92 Å². The van der Waals surface area contributed by atoms with Crippen LogP contribution < -0.4 is 5.32 Å². The van der Waals surface area contributed by atoms with Crippen molar-refractivity contribution in [3.05, 3.63) is 0 Å². The van der Waals surface area contributed by atoms with E-state index in [1.807, 2.05) is 0 Å². The highest BCUT2D eigenvalue weighted by Crippen LogP contribution is 2.05. The summed E-state index contributed by atoms with van der Waals surface area (Å²) in [4.78, 5) is 0. The van der Waals surface area contributed by atoms with Crippen LogP contribution in [-0.4, -0.2) is 38.0 Å². The van der Waals surface area contributed by atoms with E-state index in [9.17, 15) is 0 Å². The van der Waals surface area contributed by atoms with Gasteiger partial charge in [-0.1, -0.05) is 13.8 Å². The summed E-state index contributed by atoms with van der Waals surface area (Å²) < 4.78 is 11.0. The molecule has 0 bridgehead atoms. The van der Waals surface area contributed by atoms with Crippen LogP contribution in [0.25, 0.3) is 0 Å². The second-order valence-electron chi connectivity index (χ2n) is 5.56. The van der Waals surface area contributed by atoms with Gasteiger partial charge >= 0.3 is 0 Å². The minimum Gasteiger partial charge on any atom is -0.378 e. The molecule has 98 valence electrons. The van der Waals surface area contributed by atoms with Crippen molar-refractivity contribution in [1.82, 2.24) is 5.32 Å². The van der Waals surface area contributed by atoms with E-state index < -0.39 is 0 Å². The molecule has 0 rings (SSSR count). The summed E-state index contributed by atoms with van der Waals surface area (Å²) in [7, 11) is 0. The number of nitrogens with one attached hydrogen (secondary N) is 1. The quantitative estimate of drug-likeness (QED) is 0.651. The van der Waals surface area contributed by atoms with Gasteiger partial charge in [0.25, 0.3) is 0 Å².